The highest BCUT2D eigenvalue weighted by atomic mass is 19.4. The van der Waals surface area contributed by atoms with Gasteiger partial charge in [-0.25, -0.2) is 9.97 Å². The van der Waals surface area contributed by atoms with Crippen molar-refractivity contribution < 1.29 is 18.0 Å². The Morgan fingerprint density at radius 3 is 2.59 bits per heavy atom. The molecule has 156 valence electrons. The third-order valence-corrected chi connectivity index (χ3v) is 5.39. The van der Waals surface area contributed by atoms with Gasteiger partial charge in [-0.2, -0.15) is 13.2 Å². The van der Waals surface area contributed by atoms with Gasteiger partial charge in [-0.3, -0.25) is 4.79 Å². The summed E-state index contributed by atoms with van der Waals surface area (Å²) in [4.78, 5) is 21.6. The van der Waals surface area contributed by atoms with E-state index in [1.165, 1.54) is 12.1 Å². The summed E-state index contributed by atoms with van der Waals surface area (Å²) in [6, 6.07) is 6.77. The fraction of sp³-hybridized carbons (Fsp3) is 0.476. The number of aryl methyl sites for hydroxylation is 1. The van der Waals surface area contributed by atoms with E-state index in [1.54, 1.807) is 18.0 Å². The quantitative estimate of drug-likeness (QED) is 0.733. The molecule has 1 saturated heterocycles. The topological polar surface area (TPSA) is 58.1 Å². The Morgan fingerprint density at radius 1 is 1.28 bits per heavy atom. The molecular formula is C21H25F3N4O. The van der Waals surface area contributed by atoms with Crippen LogP contribution in [0.5, 0.6) is 0 Å². The lowest BCUT2D eigenvalue weighted by Crippen LogP contribution is -2.40. The monoisotopic (exact) mass is 406 g/mol. The number of amides is 1. The van der Waals surface area contributed by atoms with E-state index in [4.69, 9.17) is 0 Å². The maximum Gasteiger partial charge on any atom is 0.416 e. The van der Waals surface area contributed by atoms with Crippen LogP contribution in [0.3, 0.4) is 0 Å². The fourth-order valence-corrected chi connectivity index (χ4v) is 3.62. The van der Waals surface area contributed by atoms with E-state index in [2.05, 4.69) is 22.2 Å². The number of nitrogens with one attached hydrogen (secondary N) is 1. The summed E-state index contributed by atoms with van der Waals surface area (Å²) in [5, 5.41) is 3.58. The Hall–Kier alpha value is -2.48. The maximum atomic E-state index is 12.8. The van der Waals surface area contributed by atoms with Crippen LogP contribution >= 0.6 is 0 Å². The normalized spacial score (nSPS) is 21.9. The first-order valence-corrected chi connectivity index (χ1v) is 9.56. The molecular weight excluding hydrogens is 381 g/mol. The Balaban J connectivity index is 1.78. The third kappa shape index (κ3) is 5.12. The second-order valence-corrected chi connectivity index (χ2v) is 7.96. The SMILES string of the molecule is Cc1cc(-c2ccc(C(F)(F)F)cc2)nc([C@H]2CC[C@@](C)(CCN(C)C=O)N2)n1. The molecule has 8 heteroatoms. The summed E-state index contributed by atoms with van der Waals surface area (Å²) in [7, 11) is 1.75. The van der Waals surface area contributed by atoms with Crippen molar-refractivity contribution in [2.45, 2.75) is 50.9 Å². The van der Waals surface area contributed by atoms with E-state index < -0.39 is 11.7 Å². The highest BCUT2D eigenvalue weighted by Gasteiger charge is 2.36. The van der Waals surface area contributed by atoms with Crippen LogP contribution in [0.4, 0.5) is 13.2 Å². The number of carbonyl (C=O) groups excluding carboxylic acids is 1. The number of rotatable bonds is 6. The first-order valence-electron chi connectivity index (χ1n) is 9.56. The minimum atomic E-state index is -4.36. The van der Waals surface area contributed by atoms with Gasteiger partial charge in [0, 0.05) is 30.4 Å². The number of alkyl halides is 3. The van der Waals surface area contributed by atoms with Crippen LogP contribution in [-0.2, 0) is 11.0 Å². The lowest BCUT2D eigenvalue weighted by Gasteiger charge is -2.27. The number of benzene rings is 1. The van der Waals surface area contributed by atoms with E-state index in [0.717, 1.165) is 43.5 Å². The number of hydrogen-bond acceptors (Lipinski definition) is 4. The first kappa shape index (κ1) is 21.2. The van der Waals surface area contributed by atoms with E-state index in [0.29, 0.717) is 23.6 Å². The van der Waals surface area contributed by atoms with Gasteiger partial charge in [-0.05, 0) is 51.3 Å². The van der Waals surface area contributed by atoms with Gasteiger partial charge in [0.15, 0.2) is 0 Å². The van der Waals surface area contributed by atoms with Gasteiger partial charge in [0.05, 0.1) is 17.3 Å². The summed E-state index contributed by atoms with van der Waals surface area (Å²) in [6.07, 6.45) is -0.942. The molecule has 0 bridgehead atoms. The van der Waals surface area contributed by atoms with Gasteiger partial charge in [-0.15, -0.1) is 0 Å². The lowest BCUT2D eigenvalue weighted by atomic mass is 9.96. The number of nitrogens with zero attached hydrogens (tertiary/aromatic N) is 3. The van der Waals surface area contributed by atoms with Crippen molar-refractivity contribution in [2.24, 2.45) is 0 Å². The molecule has 0 aliphatic carbocycles. The van der Waals surface area contributed by atoms with Gasteiger partial charge in [0.1, 0.15) is 5.82 Å². The Bertz CT molecular complexity index is 869. The third-order valence-electron chi connectivity index (χ3n) is 5.39. The molecule has 1 aromatic heterocycles. The molecule has 0 radical (unpaired) electrons. The molecule has 1 aliphatic rings. The standard InChI is InChI=1S/C21H25F3N4O/c1-14-12-18(15-4-6-16(7-5-15)21(22,23)24)26-19(25-14)17-8-9-20(2,27-17)10-11-28(3)13-29/h4-7,12-13,17,27H,8-11H2,1-3H3/t17-,20+/m1/s1. The van der Waals surface area contributed by atoms with Crippen molar-refractivity contribution in [1.82, 2.24) is 20.2 Å². The van der Waals surface area contributed by atoms with Gasteiger partial charge in [0.25, 0.3) is 0 Å². The summed E-state index contributed by atoms with van der Waals surface area (Å²) < 4.78 is 38.4. The van der Waals surface area contributed by atoms with E-state index in [1.807, 2.05) is 6.92 Å². The molecule has 0 spiro atoms. The zero-order valence-corrected chi connectivity index (χ0v) is 16.8. The molecule has 3 rings (SSSR count). The molecule has 1 aliphatic heterocycles. The average Bonchev–Trinajstić information content (AvgIpc) is 3.08. The molecule has 1 aromatic carbocycles. The van der Waals surface area contributed by atoms with Gasteiger partial charge in [-0.1, -0.05) is 12.1 Å². The fourth-order valence-electron chi connectivity index (χ4n) is 3.62. The van der Waals surface area contributed by atoms with Crippen molar-refractivity contribution in [1.29, 1.82) is 0 Å². The van der Waals surface area contributed by atoms with Crippen molar-refractivity contribution >= 4 is 6.41 Å². The predicted molar refractivity (Wildman–Crippen MR) is 104 cm³/mol. The summed E-state index contributed by atoms with van der Waals surface area (Å²) >= 11 is 0. The molecule has 2 aromatic rings. The highest BCUT2D eigenvalue weighted by Crippen LogP contribution is 2.35. The number of halogens is 3. The Labute approximate surface area is 168 Å². The minimum Gasteiger partial charge on any atom is -0.348 e. The second-order valence-electron chi connectivity index (χ2n) is 7.96. The largest absolute Gasteiger partial charge is 0.416 e. The molecule has 29 heavy (non-hydrogen) atoms. The zero-order valence-electron chi connectivity index (χ0n) is 16.8. The number of aromatic nitrogens is 2. The van der Waals surface area contributed by atoms with Crippen molar-refractivity contribution in [3.8, 4) is 11.3 Å². The van der Waals surface area contributed by atoms with Crippen LogP contribution in [0, 0.1) is 6.92 Å². The molecule has 0 saturated carbocycles. The molecule has 2 atom stereocenters. The van der Waals surface area contributed by atoms with E-state index in [-0.39, 0.29) is 11.6 Å². The molecule has 5 nitrogen and oxygen atoms in total. The first-order chi connectivity index (χ1) is 13.6. The Kier molecular flexibility index (Phi) is 5.93. The van der Waals surface area contributed by atoms with Gasteiger partial charge >= 0.3 is 6.18 Å². The van der Waals surface area contributed by atoms with Crippen molar-refractivity contribution in [3.05, 3.63) is 47.4 Å². The van der Waals surface area contributed by atoms with Crippen LogP contribution < -0.4 is 5.32 Å². The summed E-state index contributed by atoms with van der Waals surface area (Å²) in [5.41, 5.74) is 1.20. The summed E-state index contributed by atoms with van der Waals surface area (Å²) in [5.74, 6) is 0.646. The minimum absolute atomic E-state index is 0.0327. The van der Waals surface area contributed by atoms with E-state index >= 15 is 0 Å². The van der Waals surface area contributed by atoms with Gasteiger partial charge in [0.2, 0.25) is 6.41 Å². The van der Waals surface area contributed by atoms with Crippen LogP contribution in [0.25, 0.3) is 11.3 Å². The van der Waals surface area contributed by atoms with Crippen LogP contribution in [0.2, 0.25) is 0 Å². The van der Waals surface area contributed by atoms with Crippen molar-refractivity contribution in [3.63, 3.8) is 0 Å². The smallest absolute Gasteiger partial charge is 0.348 e. The van der Waals surface area contributed by atoms with Crippen LogP contribution in [0.1, 0.15) is 49.3 Å². The molecule has 1 amide bonds. The van der Waals surface area contributed by atoms with Crippen LogP contribution in [-0.4, -0.2) is 40.4 Å². The van der Waals surface area contributed by atoms with Crippen LogP contribution in [0.15, 0.2) is 30.3 Å². The number of carbonyl (C=O) groups is 1. The molecule has 1 N–H and O–H groups in total. The van der Waals surface area contributed by atoms with E-state index in [9.17, 15) is 18.0 Å². The number of hydrogen-bond donors (Lipinski definition) is 1. The Morgan fingerprint density at radius 2 is 1.97 bits per heavy atom. The second kappa shape index (κ2) is 8.10. The summed E-state index contributed by atoms with van der Waals surface area (Å²) in [6.45, 7) is 4.63. The molecule has 0 unspecified atom stereocenters. The predicted octanol–water partition coefficient (Wildman–Crippen LogP) is 4.13. The molecule has 2 heterocycles. The van der Waals surface area contributed by atoms with Crippen molar-refractivity contribution in [2.75, 3.05) is 13.6 Å². The molecule has 1 fully saturated rings. The zero-order chi connectivity index (χ0) is 21.2. The average molecular weight is 406 g/mol. The highest BCUT2D eigenvalue weighted by molar-refractivity contribution is 5.60. The maximum absolute atomic E-state index is 12.8. The van der Waals surface area contributed by atoms with Gasteiger partial charge < -0.3 is 10.2 Å². The lowest BCUT2D eigenvalue weighted by molar-refractivity contribution is -0.137.